The van der Waals surface area contributed by atoms with Gasteiger partial charge in [0.05, 0.1) is 0 Å². The fourth-order valence-corrected chi connectivity index (χ4v) is 2.20. The van der Waals surface area contributed by atoms with Crippen LogP contribution in [0.25, 0.3) is 0 Å². The maximum absolute atomic E-state index is 5.98. The molecule has 0 bridgehead atoms. The van der Waals surface area contributed by atoms with E-state index in [0.717, 1.165) is 22.4 Å². The number of benzene rings is 1. The van der Waals surface area contributed by atoms with Crippen LogP contribution in [0.5, 0.6) is 11.6 Å². The van der Waals surface area contributed by atoms with Crippen molar-refractivity contribution in [3.63, 3.8) is 0 Å². The molecule has 0 aliphatic carbocycles. The van der Waals surface area contributed by atoms with Crippen LogP contribution in [0.1, 0.15) is 16.7 Å². The number of pyridine rings is 1. The Morgan fingerprint density at radius 2 is 1.83 bits per heavy atom. The van der Waals surface area contributed by atoms with Gasteiger partial charge in [-0.3, -0.25) is 0 Å². The maximum atomic E-state index is 5.98. The Hall–Kier alpha value is -1.25. The molecule has 4 heteroatoms. The summed E-state index contributed by atoms with van der Waals surface area (Å²) < 4.78 is 5.78. The number of hydrogen-bond donors (Lipinski definition) is 0. The molecule has 2 aromatic rings. The van der Waals surface area contributed by atoms with E-state index in [2.05, 4.69) is 4.98 Å². The fourth-order valence-electron chi connectivity index (χ4n) is 1.71. The van der Waals surface area contributed by atoms with Crippen molar-refractivity contribution < 1.29 is 4.74 Å². The first kappa shape index (κ1) is 13.2. The number of aromatic nitrogens is 1. The number of nitrogens with zero attached hydrogens (tertiary/aromatic N) is 1. The maximum Gasteiger partial charge on any atom is 0.219 e. The number of rotatable bonds is 3. The van der Waals surface area contributed by atoms with E-state index in [0.29, 0.717) is 16.8 Å². The summed E-state index contributed by atoms with van der Waals surface area (Å²) >= 11 is 11.7. The van der Waals surface area contributed by atoms with Crippen molar-refractivity contribution in [2.24, 2.45) is 0 Å². The topological polar surface area (TPSA) is 22.1 Å². The van der Waals surface area contributed by atoms with Crippen molar-refractivity contribution in [1.82, 2.24) is 4.98 Å². The van der Waals surface area contributed by atoms with Crippen molar-refractivity contribution in [1.29, 1.82) is 0 Å². The molecular weight excluding hydrogens is 269 g/mol. The minimum absolute atomic E-state index is 0.451. The molecule has 1 heterocycles. The number of hydrogen-bond acceptors (Lipinski definition) is 2. The van der Waals surface area contributed by atoms with E-state index < -0.39 is 0 Å². The van der Waals surface area contributed by atoms with Gasteiger partial charge in [0.1, 0.15) is 5.75 Å². The SMILES string of the molecule is Cc1cc(Cl)cc(C)c1Oc1ccc(CCl)cn1. The molecule has 1 aromatic heterocycles. The summed E-state index contributed by atoms with van der Waals surface area (Å²) in [5.74, 6) is 1.80. The standard InChI is InChI=1S/C14H13Cl2NO/c1-9-5-12(16)6-10(2)14(9)18-13-4-3-11(7-15)8-17-13/h3-6,8H,7H2,1-2H3. The Morgan fingerprint density at radius 1 is 1.17 bits per heavy atom. The largest absolute Gasteiger partial charge is 0.438 e. The van der Waals surface area contributed by atoms with Gasteiger partial charge in [0.25, 0.3) is 0 Å². The smallest absolute Gasteiger partial charge is 0.219 e. The van der Waals surface area contributed by atoms with Crippen LogP contribution in [0.4, 0.5) is 0 Å². The molecule has 0 aliphatic rings. The summed E-state index contributed by atoms with van der Waals surface area (Å²) in [7, 11) is 0. The van der Waals surface area contributed by atoms with E-state index in [1.165, 1.54) is 0 Å². The number of ether oxygens (including phenoxy) is 1. The van der Waals surface area contributed by atoms with Crippen LogP contribution in [0.3, 0.4) is 0 Å². The van der Waals surface area contributed by atoms with Gasteiger partial charge in [-0.05, 0) is 42.7 Å². The van der Waals surface area contributed by atoms with Crippen molar-refractivity contribution >= 4 is 23.2 Å². The lowest BCUT2D eigenvalue weighted by atomic mass is 10.1. The van der Waals surface area contributed by atoms with Gasteiger partial charge in [-0.2, -0.15) is 0 Å². The predicted octanol–water partition coefficient (Wildman–Crippen LogP) is 4.88. The molecular formula is C14H13Cl2NO. The highest BCUT2D eigenvalue weighted by atomic mass is 35.5. The van der Waals surface area contributed by atoms with Crippen LogP contribution in [-0.2, 0) is 5.88 Å². The summed E-state index contributed by atoms with van der Waals surface area (Å²) in [4.78, 5) is 4.21. The van der Waals surface area contributed by atoms with Gasteiger partial charge < -0.3 is 4.74 Å². The van der Waals surface area contributed by atoms with Gasteiger partial charge in [-0.25, -0.2) is 4.98 Å². The van der Waals surface area contributed by atoms with Gasteiger partial charge in [0, 0.05) is 23.2 Å². The first-order valence-electron chi connectivity index (χ1n) is 5.55. The summed E-state index contributed by atoms with van der Waals surface area (Å²) in [5, 5.41) is 0.711. The Kier molecular flexibility index (Phi) is 4.10. The molecule has 0 fully saturated rings. The summed E-state index contributed by atoms with van der Waals surface area (Å²) in [5.41, 5.74) is 2.94. The highest BCUT2D eigenvalue weighted by molar-refractivity contribution is 6.30. The van der Waals surface area contributed by atoms with Gasteiger partial charge in [0.15, 0.2) is 0 Å². The number of halogens is 2. The van der Waals surface area contributed by atoms with Crippen molar-refractivity contribution in [3.8, 4) is 11.6 Å². The molecule has 0 N–H and O–H groups in total. The molecule has 0 spiro atoms. The minimum Gasteiger partial charge on any atom is -0.438 e. The molecule has 0 saturated heterocycles. The van der Waals surface area contributed by atoms with Crippen molar-refractivity contribution in [2.75, 3.05) is 0 Å². The van der Waals surface area contributed by atoms with Crippen LogP contribution in [0.2, 0.25) is 5.02 Å². The second-order valence-corrected chi connectivity index (χ2v) is 4.81. The molecule has 94 valence electrons. The lowest BCUT2D eigenvalue weighted by molar-refractivity contribution is 0.456. The molecule has 1 aromatic carbocycles. The lowest BCUT2D eigenvalue weighted by Crippen LogP contribution is -1.93. The van der Waals surface area contributed by atoms with Crippen molar-refractivity contribution in [2.45, 2.75) is 19.7 Å². The molecule has 0 aliphatic heterocycles. The normalized spacial score (nSPS) is 10.4. The number of aryl methyl sites for hydroxylation is 2. The van der Waals surface area contributed by atoms with E-state index >= 15 is 0 Å². The molecule has 18 heavy (non-hydrogen) atoms. The van der Waals surface area contributed by atoms with Crippen LogP contribution in [-0.4, -0.2) is 4.98 Å². The van der Waals surface area contributed by atoms with E-state index in [4.69, 9.17) is 27.9 Å². The molecule has 0 amide bonds. The zero-order valence-electron chi connectivity index (χ0n) is 10.2. The van der Waals surface area contributed by atoms with Gasteiger partial charge in [-0.1, -0.05) is 17.7 Å². The summed E-state index contributed by atoms with van der Waals surface area (Å²) in [6.07, 6.45) is 1.71. The molecule has 0 unspecified atom stereocenters. The third-order valence-corrected chi connectivity index (χ3v) is 3.11. The Bertz CT molecular complexity index is 529. The Labute approximate surface area is 117 Å². The Balaban J connectivity index is 2.28. The molecule has 2 nitrogen and oxygen atoms in total. The minimum atomic E-state index is 0.451. The zero-order chi connectivity index (χ0) is 13.1. The van der Waals surface area contributed by atoms with Gasteiger partial charge >= 0.3 is 0 Å². The first-order valence-corrected chi connectivity index (χ1v) is 6.47. The quantitative estimate of drug-likeness (QED) is 0.748. The molecule has 2 rings (SSSR count). The van der Waals surface area contributed by atoms with E-state index in [1.54, 1.807) is 6.20 Å². The van der Waals surface area contributed by atoms with Gasteiger partial charge in [-0.15, -0.1) is 11.6 Å². The van der Waals surface area contributed by atoms with Crippen LogP contribution in [0.15, 0.2) is 30.5 Å². The van der Waals surface area contributed by atoms with E-state index in [1.807, 2.05) is 38.1 Å². The number of alkyl halides is 1. The second-order valence-electron chi connectivity index (χ2n) is 4.11. The average Bonchev–Trinajstić information content (AvgIpc) is 2.34. The van der Waals surface area contributed by atoms with E-state index in [-0.39, 0.29) is 0 Å². The highest BCUT2D eigenvalue weighted by Gasteiger charge is 2.07. The molecule has 0 saturated carbocycles. The summed E-state index contributed by atoms with van der Waals surface area (Å²) in [6.45, 7) is 3.92. The van der Waals surface area contributed by atoms with Crippen molar-refractivity contribution in [3.05, 3.63) is 52.2 Å². The third kappa shape index (κ3) is 2.95. The molecule has 0 atom stereocenters. The van der Waals surface area contributed by atoms with E-state index in [9.17, 15) is 0 Å². The fraction of sp³-hybridized carbons (Fsp3) is 0.214. The highest BCUT2D eigenvalue weighted by Crippen LogP contribution is 2.30. The van der Waals surface area contributed by atoms with Crippen LogP contribution in [0, 0.1) is 13.8 Å². The monoisotopic (exact) mass is 281 g/mol. The first-order chi connectivity index (χ1) is 8.60. The molecule has 0 radical (unpaired) electrons. The second kappa shape index (κ2) is 5.59. The predicted molar refractivity (Wildman–Crippen MR) is 74.8 cm³/mol. The average molecular weight is 282 g/mol. The van der Waals surface area contributed by atoms with Gasteiger partial charge in [0.2, 0.25) is 5.88 Å². The Morgan fingerprint density at radius 3 is 2.33 bits per heavy atom. The summed E-state index contributed by atoms with van der Waals surface area (Å²) in [6, 6.07) is 7.45. The third-order valence-electron chi connectivity index (χ3n) is 2.58. The van der Waals surface area contributed by atoms with Crippen LogP contribution < -0.4 is 4.74 Å². The van der Waals surface area contributed by atoms with Crippen LogP contribution >= 0.6 is 23.2 Å². The lowest BCUT2D eigenvalue weighted by Gasteiger charge is -2.11. The zero-order valence-corrected chi connectivity index (χ0v) is 11.7.